The highest BCUT2D eigenvalue weighted by Crippen LogP contribution is 2.22. The van der Waals surface area contributed by atoms with Gasteiger partial charge in [-0.15, -0.1) is 0 Å². The van der Waals surface area contributed by atoms with E-state index in [1.54, 1.807) is 29.2 Å². The van der Waals surface area contributed by atoms with Crippen LogP contribution >= 0.6 is 0 Å². The second kappa shape index (κ2) is 9.30. The van der Waals surface area contributed by atoms with Gasteiger partial charge in [0.25, 0.3) is 17.5 Å². The van der Waals surface area contributed by atoms with Gasteiger partial charge in [0, 0.05) is 49.6 Å². The summed E-state index contributed by atoms with van der Waals surface area (Å²) in [5, 5.41) is 13.6. The fourth-order valence-electron chi connectivity index (χ4n) is 3.68. The summed E-state index contributed by atoms with van der Waals surface area (Å²) in [6.45, 7) is 2.62. The number of carbonyl (C=O) groups is 2. The standard InChI is InChI=1S/C24H22N4O4/c29-23(18-10-12-20(13-11-18)28(31)32)25-22-9-5-4-8-21(22)24(30)27-16-14-26(15-17-27)19-6-2-1-3-7-19/h1-13H,14-17H2,(H,25,29). The number of nitro benzene ring substituents is 1. The Morgan fingerprint density at radius 3 is 2.09 bits per heavy atom. The van der Waals surface area contributed by atoms with Crippen molar-refractivity contribution in [3.63, 3.8) is 0 Å². The van der Waals surface area contributed by atoms with Crippen LogP contribution in [0.4, 0.5) is 17.1 Å². The molecule has 0 aromatic heterocycles. The molecule has 1 fully saturated rings. The minimum Gasteiger partial charge on any atom is -0.368 e. The van der Waals surface area contributed by atoms with Crippen molar-refractivity contribution in [1.29, 1.82) is 0 Å². The number of amides is 2. The predicted molar refractivity (Wildman–Crippen MR) is 122 cm³/mol. The van der Waals surface area contributed by atoms with Crippen molar-refractivity contribution in [2.75, 3.05) is 36.4 Å². The lowest BCUT2D eigenvalue weighted by atomic mass is 10.1. The lowest BCUT2D eigenvalue weighted by Crippen LogP contribution is -2.48. The average molecular weight is 430 g/mol. The Kier molecular flexibility index (Phi) is 6.12. The van der Waals surface area contributed by atoms with E-state index in [0.29, 0.717) is 24.3 Å². The van der Waals surface area contributed by atoms with Crippen LogP contribution in [0.25, 0.3) is 0 Å². The molecule has 8 nitrogen and oxygen atoms in total. The first-order valence-electron chi connectivity index (χ1n) is 10.3. The van der Waals surface area contributed by atoms with E-state index in [0.717, 1.165) is 18.8 Å². The van der Waals surface area contributed by atoms with Gasteiger partial charge in [0.05, 0.1) is 16.2 Å². The van der Waals surface area contributed by atoms with Gasteiger partial charge in [0.1, 0.15) is 0 Å². The van der Waals surface area contributed by atoms with Crippen LogP contribution in [-0.4, -0.2) is 47.8 Å². The van der Waals surface area contributed by atoms with E-state index >= 15 is 0 Å². The summed E-state index contributed by atoms with van der Waals surface area (Å²) in [4.78, 5) is 40.1. The Hall–Kier alpha value is -4.20. The number of nitro groups is 1. The Balaban J connectivity index is 1.44. The molecule has 1 saturated heterocycles. The maximum absolute atomic E-state index is 13.2. The van der Waals surface area contributed by atoms with Crippen LogP contribution in [0.3, 0.4) is 0 Å². The van der Waals surface area contributed by atoms with E-state index in [9.17, 15) is 19.7 Å². The van der Waals surface area contributed by atoms with Gasteiger partial charge in [-0.3, -0.25) is 19.7 Å². The van der Waals surface area contributed by atoms with Crippen LogP contribution in [0, 0.1) is 10.1 Å². The second-order valence-corrected chi connectivity index (χ2v) is 7.42. The average Bonchev–Trinajstić information content (AvgIpc) is 2.84. The van der Waals surface area contributed by atoms with Crippen LogP contribution in [-0.2, 0) is 0 Å². The number of hydrogen-bond donors (Lipinski definition) is 1. The van der Waals surface area contributed by atoms with E-state index in [2.05, 4.69) is 22.3 Å². The van der Waals surface area contributed by atoms with Crippen molar-refractivity contribution in [3.05, 3.63) is 100 Å². The fourth-order valence-corrected chi connectivity index (χ4v) is 3.68. The first-order valence-corrected chi connectivity index (χ1v) is 10.3. The van der Waals surface area contributed by atoms with Gasteiger partial charge in [-0.2, -0.15) is 0 Å². The molecule has 1 aliphatic rings. The molecule has 32 heavy (non-hydrogen) atoms. The molecule has 162 valence electrons. The number of hydrogen-bond acceptors (Lipinski definition) is 5. The summed E-state index contributed by atoms with van der Waals surface area (Å²) in [6.07, 6.45) is 0. The number of benzene rings is 3. The molecule has 3 aromatic carbocycles. The van der Waals surface area contributed by atoms with Crippen molar-refractivity contribution in [3.8, 4) is 0 Å². The molecule has 1 N–H and O–H groups in total. The van der Waals surface area contributed by atoms with Crippen LogP contribution in [0.2, 0.25) is 0 Å². The van der Waals surface area contributed by atoms with Gasteiger partial charge in [-0.05, 0) is 36.4 Å². The summed E-state index contributed by atoms with van der Waals surface area (Å²) in [7, 11) is 0. The van der Waals surface area contributed by atoms with E-state index in [-0.39, 0.29) is 17.2 Å². The smallest absolute Gasteiger partial charge is 0.269 e. The van der Waals surface area contributed by atoms with Gasteiger partial charge in [-0.1, -0.05) is 30.3 Å². The third kappa shape index (κ3) is 4.59. The van der Waals surface area contributed by atoms with Crippen molar-refractivity contribution >= 4 is 28.9 Å². The highest BCUT2D eigenvalue weighted by molar-refractivity contribution is 6.09. The summed E-state index contributed by atoms with van der Waals surface area (Å²) >= 11 is 0. The Labute approximate surface area is 185 Å². The zero-order valence-corrected chi connectivity index (χ0v) is 17.3. The van der Waals surface area contributed by atoms with Gasteiger partial charge in [0.2, 0.25) is 0 Å². The van der Waals surface area contributed by atoms with E-state index < -0.39 is 10.8 Å². The SMILES string of the molecule is O=C(Nc1ccccc1C(=O)N1CCN(c2ccccc2)CC1)c1ccc([N+](=O)[O-])cc1. The third-order valence-electron chi connectivity index (χ3n) is 5.43. The second-order valence-electron chi connectivity index (χ2n) is 7.42. The highest BCUT2D eigenvalue weighted by Gasteiger charge is 2.24. The van der Waals surface area contributed by atoms with Crippen molar-refractivity contribution in [2.45, 2.75) is 0 Å². The van der Waals surface area contributed by atoms with Gasteiger partial charge < -0.3 is 15.1 Å². The molecule has 1 aliphatic heterocycles. The molecule has 3 aromatic rings. The highest BCUT2D eigenvalue weighted by atomic mass is 16.6. The van der Waals surface area contributed by atoms with Crippen LogP contribution in [0.1, 0.15) is 20.7 Å². The number of anilines is 2. The lowest BCUT2D eigenvalue weighted by Gasteiger charge is -2.36. The Morgan fingerprint density at radius 1 is 0.812 bits per heavy atom. The fraction of sp³-hybridized carbons (Fsp3) is 0.167. The first-order chi connectivity index (χ1) is 15.5. The number of para-hydroxylation sites is 2. The Bertz CT molecular complexity index is 1120. The largest absolute Gasteiger partial charge is 0.368 e. The maximum Gasteiger partial charge on any atom is 0.269 e. The molecule has 8 heteroatoms. The third-order valence-corrected chi connectivity index (χ3v) is 5.43. The molecule has 0 spiro atoms. The van der Waals surface area contributed by atoms with Crippen molar-refractivity contribution < 1.29 is 14.5 Å². The number of nitrogens with zero attached hydrogens (tertiary/aromatic N) is 3. The molecule has 2 amide bonds. The van der Waals surface area contributed by atoms with Gasteiger partial charge >= 0.3 is 0 Å². The van der Waals surface area contributed by atoms with Crippen molar-refractivity contribution in [2.24, 2.45) is 0 Å². The first kappa shape index (κ1) is 21.0. The molecule has 0 radical (unpaired) electrons. The van der Waals surface area contributed by atoms with Crippen LogP contribution in [0.5, 0.6) is 0 Å². The normalized spacial score (nSPS) is 13.5. The number of non-ortho nitro benzene ring substituents is 1. The molecule has 0 saturated carbocycles. The summed E-state index contributed by atoms with van der Waals surface area (Å²) in [5.74, 6) is -0.577. The number of piperazine rings is 1. The molecule has 0 aliphatic carbocycles. The monoisotopic (exact) mass is 430 g/mol. The minimum atomic E-state index is -0.521. The van der Waals surface area contributed by atoms with Crippen molar-refractivity contribution in [1.82, 2.24) is 4.90 Å². The number of carbonyl (C=O) groups excluding carboxylic acids is 2. The summed E-state index contributed by atoms with van der Waals surface area (Å²) < 4.78 is 0. The Morgan fingerprint density at radius 2 is 1.44 bits per heavy atom. The molecule has 4 rings (SSSR count). The van der Waals surface area contributed by atoms with Crippen LogP contribution in [0.15, 0.2) is 78.9 Å². The number of rotatable bonds is 5. The quantitative estimate of drug-likeness (QED) is 0.491. The molecular formula is C24H22N4O4. The lowest BCUT2D eigenvalue weighted by molar-refractivity contribution is -0.384. The van der Waals surface area contributed by atoms with Gasteiger partial charge in [-0.25, -0.2) is 0 Å². The topological polar surface area (TPSA) is 95.8 Å². The van der Waals surface area contributed by atoms with E-state index in [1.807, 2.05) is 18.2 Å². The maximum atomic E-state index is 13.2. The summed E-state index contributed by atoms with van der Waals surface area (Å²) in [5.41, 5.74) is 2.14. The molecule has 0 bridgehead atoms. The minimum absolute atomic E-state index is 0.0910. The van der Waals surface area contributed by atoms with Crippen LogP contribution < -0.4 is 10.2 Å². The molecule has 1 heterocycles. The number of nitrogens with one attached hydrogen (secondary N) is 1. The molecule has 0 unspecified atom stereocenters. The molecule has 0 atom stereocenters. The van der Waals surface area contributed by atoms with E-state index in [4.69, 9.17) is 0 Å². The predicted octanol–water partition coefficient (Wildman–Crippen LogP) is 3.81. The zero-order valence-electron chi connectivity index (χ0n) is 17.3. The summed E-state index contributed by atoms with van der Waals surface area (Å²) in [6, 6.07) is 22.3. The van der Waals surface area contributed by atoms with E-state index in [1.165, 1.54) is 24.3 Å². The zero-order chi connectivity index (χ0) is 22.5. The molecular weight excluding hydrogens is 408 g/mol. The van der Waals surface area contributed by atoms with Gasteiger partial charge in [0.15, 0.2) is 0 Å².